The molecule has 0 amide bonds. The molecule has 0 spiro atoms. The predicted molar refractivity (Wildman–Crippen MR) is 69.5 cm³/mol. The van der Waals surface area contributed by atoms with Crippen LogP contribution in [0.5, 0.6) is 0 Å². The lowest BCUT2D eigenvalue weighted by atomic mass is 10.1. The quantitative estimate of drug-likeness (QED) is 0.858. The van der Waals surface area contributed by atoms with Gasteiger partial charge in [0.15, 0.2) is 0 Å². The molecule has 5 heteroatoms. The van der Waals surface area contributed by atoms with Gasteiger partial charge in [0.05, 0.1) is 7.11 Å². The maximum Gasteiger partial charge on any atom is 0.327 e. The fraction of sp³-hybridized carbons (Fsp3) is 0.417. The third-order valence-electron chi connectivity index (χ3n) is 2.16. The van der Waals surface area contributed by atoms with E-state index in [2.05, 4.69) is 5.32 Å². The van der Waals surface area contributed by atoms with E-state index in [0.717, 1.165) is 0 Å². The molecule has 1 rings (SSSR count). The summed E-state index contributed by atoms with van der Waals surface area (Å²) in [7, 11) is 1.35. The molecule has 17 heavy (non-hydrogen) atoms. The monoisotopic (exact) mass is 275 g/mol. The van der Waals surface area contributed by atoms with Crippen molar-refractivity contribution in [3.8, 4) is 0 Å². The van der Waals surface area contributed by atoms with Crippen LogP contribution in [-0.2, 0) is 9.53 Å². The predicted octanol–water partition coefficient (Wildman–Crippen LogP) is 3.21. The fourth-order valence-corrected chi connectivity index (χ4v) is 2.04. The lowest BCUT2D eigenvalue weighted by Crippen LogP contribution is -2.34. The van der Waals surface area contributed by atoms with Crippen LogP contribution in [0.15, 0.2) is 18.2 Å². The van der Waals surface area contributed by atoms with Crippen molar-refractivity contribution < 1.29 is 9.53 Å². The zero-order chi connectivity index (χ0) is 13.0. The van der Waals surface area contributed by atoms with Gasteiger partial charge in [-0.2, -0.15) is 0 Å². The Morgan fingerprint density at radius 3 is 2.18 bits per heavy atom. The summed E-state index contributed by atoms with van der Waals surface area (Å²) in [6, 6.07) is 4.60. The van der Waals surface area contributed by atoms with Crippen LogP contribution in [0.25, 0.3) is 0 Å². The molecule has 0 aliphatic carbocycles. The van der Waals surface area contributed by atoms with Crippen molar-refractivity contribution in [2.24, 2.45) is 0 Å². The highest BCUT2D eigenvalue weighted by Crippen LogP contribution is 2.24. The van der Waals surface area contributed by atoms with E-state index in [1.807, 2.05) is 13.8 Å². The van der Waals surface area contributed by atoms with Gasteiger partial charge < -0.3 is 4.74 Å². The Hall–Kier alpha value is -0.770. The molecule has 0 aromatic heterocycles. The fourth-order valence-electron chi connectivity index (χ4n) is 1.49. The second-order valence-corrected chi connectivity index (χ2v) is 4.85. The first-order valence-electron chi connectivity index (χ1n) is 5.24. The van der Waals surface area contributed by atoms with E-state index in [-0.39, 0.29) is 12.0 Å². The Kier molecular flexibility index (Phi) is 5.25. The van der Waals surface area contributed by atoms with Gasteiger partial charge in [0, 0.05) is 16.1 Å². The van der Waals surface area contributed by atoms with E-state index < -0.39 is 6.04 Å². The molecule has 0 bridgehead atoms. The molecule has 1 aromatic rings. The topological polar surface area (TPSA) is 38.3 Å². The summed E-state index contributed by atoms with van der Waals surface area (Å²) in [6.07, 6.45) is 0. The van der Waals surface area contributed by atoms with Crippen LogP contribution >= 0.6 is 23.2 Å². The molecule has 3 nitrogen and oxygen atoms in total. The van der Waals surface area contributed by atoms with Crippen LogP contribution in [-0.4, -0.2) is 19.1 Å². The van der Waals surface area contributed by atoms with Gasteiger partial charge in [-0.15, -0.1) is 0 Å². The number of carbonyl (C=O) groups excluding carboxylic acids is 1. The van der Waals surface area contributed by atoms with Crippen molar-refractivity contribution in [2.45, 2.75) is 25.9 Å². The molecule has 1 unspecified atom stereocenters. The lowest BCUT2D eigenvalue weighted by Gasteiger charge is -2.19. The molecule has 0 aliphatic rings. The van der Waals surface area contributed by atoms with Crippen molar-refractivity contribution >= 4 is 29.2 Å². The van der Waals surface area contributed by atoms with Crippen LogP contribution in [0.2, 0.25) is 10.0 Å². The smallest absolute Gasteiger partial charge is 0.327 e. The van der Waals surface area contributed by atoms with E-state index >= 15 is 0 Å². The standard InChI is InChI=1S/C12H15Cl2NO2/c1-7(2)15-11(12(16)17-3)8-4-9(13)6-10(14)5-8/h4-7,11,15H,1-3H3. The minimum absolute atomic E-state index is 0.136. The number of methoxy groups -OCH3 is 1. The average Bonchev–Trinajstić information content (AvgIpc) is 2.23. The number of benzene rings is 1. The van der Waals surface area contributed by atoms with Gasteiger partial charge in [-0.25, -0.2) is 4.79 Å². The largest absolute Gasteiger partial charge is 0.468 e. The summed E-state index contributed by atoms with van der Waals surface area (Å²) >= 11 is 11.8. The van der Waals surface area contributed by atoms with Crippen LogP contribution in [0, 0.1) is 0 Å². The molecule has 94 valence electrons. The third kappa shape index (κ3) is 4.19. The maximum absolute atomic E-state index is 11.7. The highest BCUT2D eigenvalue weighted by Gasteiger charge is 2.22. The number of esters is 1. The van der Waals surface area contributed by atoms with Gasteiger partial charge >= 0.3 is 5.97 Å². The zero-order valence-electron chi connectivity index (χ0n) is 9.96. The van der Waals surface area contributed by atoms with Crippen molar-refractivity contribution in [1.82, 2.24) is 5.32 Å². The van der Waals surface area contributed by atoms with E-state index in [9.17, 15) is 4.79 Å². The molecule has 1 atom stereocenters. The van der Waals surface area contributed by atoms with Gasteiger partial charge in [-0.3, -0.25) is 5.32 Å². The van der Waals surface area contributed by atoms with Gasteiger partial charge in [0.2, 0.25) is 0 Å². The van der Waals surface area contributed by atoms with Crippen LogP contribution in [0.3, 0.4) is 0 Å². The highest BCUT2D eigenvalue weighted by molar-refractivity contribution is 6.34. The summed E-state index contributed by atoms with van der Waals surface area (Å²) < 4.78 is 4.76. The van der Waals surface area contributed by atoms with Crippen LogP contribution in [0.1, 0.15) is 25.5 Å². The van der Waals surface area contributed by atoms with Crippen molar-refractivity contribution in [2.75, 3.05) is 7.11 Å². The van der Waals surface area contributed by atoms with Crippen molar-refractivity contribution in [1.29, 1.82) is 0 Å². The number of halogens is 2. The summed E-state index contributed by atoms with van der Waals surface area (Å²) in [5.74, 6) is -0.364. The first-order valence-corrected chi connectivity index (χ1v) is 5.99. The summed E-state index contributed by atoms with van der Waals surface area (Å²) in [4.78, 5) is 11.7. The minimum Gasteiger partial charge on any atom is -0.468 e. The number of ether oxygens (including phenoxy) is 1. The summed E-state index contributed by atoms with van der Waals surface area (Å²) in [5.41, 5.74) is 0.697. The number of hydrogen-bond donors (Lipinski definition) is 1. The number of carbonyl (C=O) groups is 1. The van der Waals surface area contributed by atoms with Gasteiger partial charge in [-0.1, -0.05) is 23.2 Å². The molecule has 0 saturated heterocycles. The number of rotatable bonds is 4. The van der Waals surface area contributed by atoms with Gasteiger partial charge in [0.1, 0.15) is 6.04 Å². The molecule has 0 aliphatic heterocycles. The van der Waals surface area contributed by atoms with E-state index in [1.165, 1.54) is 7.11 Å². The average molecular weight is 276 g/mol. The molecule has 0 saturated carbocycles. The van der Waals surface area contributed by atoms with Gasteiger partial charge in [-0.05, 0) is 37.6 Å². The van der Waals surface area contributed by atoms with Crippen molar-refractivity contribution in [3.05, 3.63) is 33.8 Å². The second kappa shape index (κ2) is 6.24. The normalized spacial score (nSPS) is 12.6. The Morgan fingerprint density at radius 1 is 1.24 bits per heavy atom. The Bertz CT molecular complexity index is 387. The molecule has 0 heterocycles. The summed E-state index contributed by atoms with van der Waals surface area (Å²) in [5, 5.41) is 4.09. The van der Waals surface area contributed by atoms with Crippen molar-refractivity contribution in [3.63, 3.8) is 0 Å². The third-order valence-corrected chi connectivity index (χ3v) is 2.59. The maximum atomic E-state index is 11.7. The van der Waals surface area contributed by atoms with E-state index in [1.54, 1.807) is 18.2 Å². The Balaban J connectivity index is 3.07. The number of hydrogen-bond acceptors (Lipinski definition) is 3. The minimum atomic E-state index is -0.559. The summed E-state index contributed by atoms with van der Waals surface area (Å²) in [6.45, 7) is 3.89. The highest BCUT2D eigenvalue weighted by atomic mass is 35.5. The molecule has 0 fully saturated rings. The molecule has 1 N–H and O–H groups in total. The Morgan fingerprint density at radius 2 is 1.76 bits per heavy atom. The molecular weight excluding hydrogens is 261 g/mol. The van der Waals surface area contributed by atoms with E-state index in [0.29, 0.717) is 15.6 Å². The SMILES string of the molecule is COC(=O)C(NC(C)C)c1cc(Cl)cc(Cl)c1. The van der Waals surface area contributed by atoms with Crippen LogP contribution in [0.4, 0.5) is 0 Å². The van der Waals surface area contributed by atoms with E-state index in [4.69, 9.17) is 27.9 Å². The van der Waals surface area contributed by atoms with Gasteiger partial charge in [0.25, 0.3) is 0 Å². The molecule has 1 aromatic carbocycles. The zero-order valence-corrected chi connectivity index (χ0v) is 11.5. The molecular formula is C12H15Cl2NO2. The number of nitrogens with one attached hydrogen (secondary N) is 1. The lowest BCUT2D eigenvalue weighted by molar-refractivity contribution is -0.143. The Labute approximate surface area is 111 Å². The van der Waals surface area contributed by atoms with Crippen LogP contribution < -0.4 is 5.32 Å². The first-order chi connectivity index (χ1) is 7.93. The molecule has 0 radical (unpaired) electrons. The second-order valence-electron chi connectivity index (χ2n) is 3.98. The first kappa shape index (κ1) is 14.3.